The second-order valence-electron chi connectivity index (χ2n) is 2.67. The van der Waals surface area contributed by atoms with Crippen LogP contribution in [0.25, 0.3) is 0 Å². The van der Waals surface area contributed by atoms with Crippen molar-refractivity contribution in [3.63, 3.8) is 0 Å². The molecule has 0 aliphatic heterocycles. The molecule has 0 bridgehead atoms. The minimum absolute atomic E-state index is 0.342. The lowest BCUT2D eigenvalue weighted by molar-refractivity contribution is 0.282. The number of rotatable bonds is 6. The van der Waals surface area contributed by atoms with Gasteiger partial charge in [0, 0.05) is 13.0 Å². The molecular weight excluding hydrogens is 136 g/mol. The van der Waals surface area contributed by atoms with E-state index < -0.39 is 0 Å². The molecule has 0 atom stereocenters. The molecule has 0 aliphatic carbocycles. The van der Waals surface area contributed by atoms with Crippen molar-refractivity contribution in [2.24, 2.45) is 0 Å². The molecule has 11 heavy (non-hydrogen) atoms. The van der Waals surface area contributed by atoms with Crippen molar-refractivity contribution in [3.05, 3.63) is 0 Å². The Kier molecular flexibility index (Phi) is 9.10. The van der Waals surface area contributed by atoms with Crippen LogP contribution in [0.3, 0.4) is 0 Å². The maximum absolute atomic E-state index is 8.48. The van der Waals surface area contributed by atoms with Gasteiger partial charge in [-0.05, 0) is 19.8 Å². The van der Waals surface area contributed by atoms with Crippen molar-refractivity contribution in [1.29, 1.82) is 0 Å². The van der Waals surface area contributed by atoms with Crippen LogP contribution in [-0.4, -0.2) is 11.7 Å². The quantitative estimate of drug-likeness (QED) is 0.460. The molecule has 0 aromatic heterocycles. The van der Waals surface area contributed by atoms with Crippen molar-refractivity contribution in [2.45, 2.75) is 45.4 Å². The zero-order valence-electron chi connectivity index (χ0n) is 7.40. The molecule has 0 spiro atoms. The van der Waals surface area contributed by atoms with Gasteiger partial charge in [0.05, 0.1) is 0 Å². The fraction of sp³-hybridized carbons (Fsp3) is 0.800. The molecule has 0 radical (unpaired) electrons. The summed E-state index contributed by atoms with van der Waals surface area (Å²) in [5.41, 5.74) is 0. The molecule has 0 saturated carbocycles. The molecule has 0 aromatic carbocycles. The van der Waals surface area contributed by atoms with Crippen molar-refractivity contribution in [1.82, 2.24) is 0 Å². The summed E-state index contributed by atoms with van der Waals surface area (Å²) in [6.07, 6.45) is 6.87. The van der Waals surface area contributed by atoms with Gasteiger partial charge in [0.25, 0.3) is 0 Å². The second kappa shape index (κ2) is 9.52. The summed E-state index contributed by atoms with van der Waals surface area (Å²) in [6, 6.07) is 0. The van der Waals surface area contributed by atoms with Gasteiger partial charge in [0.15, 0.2) is 0 Å². The monoisotopic (exact) mass is 154 g/mol. The van der Waals surface area contributed by atoms with Crippen molar-refractivity contribution in [3.8, 4) is 11.8 Å². The van der Waals surface area contributed by atoms with Gasteiger partial charge in [0.2, 0.25) is 0 Å². The highest BCUT2D eigenvalue weighted by molar-refractivity contribution is 4.94. The van der Waals surface area contributed by atoms with Crippen molar-refractivity contribution >= 4 is 0 Å². The molecule has 0 heterocycles. The van der Waals surface area contributed by atoms with E-state index in [0.29, 0.717) is 6.61 Å². The molecule has 0 aromatic rings. The largest absolute Gasteiger partial charge is 0.396 e. The topological polar surface area (TPSA) is 20.2 Å². The fourth-order valence-corrected chi connectivity index (χ4v) is 0.981. The molecule has 1 heteroatoms. The summed E-state index contributed by atoms with van der Waals surface area (Å²) in [6.45, 7) is 2.22. The summed E-state index contributed by atoms with van der Waals surface area (Å²) in [7, 11) is 0. The zero-order valence-corrected chi connectivity index (χ0v) is 7.40. The normalized spacial score (nSPS) is 8.91. The summed E-state index contributed by atoms with van der Waals surface area (Å²) < 4.78 is 0. The van der Waals surface area contributed by atoms with Crippen LogP contribution in [0.1, 0.15) is 45.4 Å². The summed E-state index contributed by atoms with van der Waals surface area (Å²) >= 11 is 0. The van der Waals surface area contributed by atoms with Crippen LogP contribution in [0.5, 0.6) is 0 Å². The smallest absolute Gasteiger partial charge is 0.0431 e. The number of aliphatic hydroxyl groups is 1. The second-order valence-corrected chi connectivity index (χ2v) is 2.67. The third-order valence-electron chi connectivity index (χ3n) is 1.64. The number of aliphatic hydroxyl groups excluding tert-OH is 1. The zero-order chi connectivity index (χ0) is 8.36. The Bertz CT molecular complexity index is 119. The third-order valence-corrected chi connectivity index (χ3v) is 1.64. The van der Waals surface area contributed by atoms with Crippen LogP contribution >= 0.6 is 0 Å². The molecule has 0 rings (SSSR count). The highest BCUT2D eigenvalue weighted by Crippen LogP contribution is 2.03. The molecule has 0 aliphatic rings. The first-order chi connectivity index (χ1) is 5.41. The molecule has 1 N–H and O–H groups in total. The Morgan fingerprint density at radius 1 is 1.00 bits per heavy atom. The van der Waals surface area contributed by atoms with E-state index in [1.54, 1.807) is 0 Å². The predicted molar refractivity (Wildman–Crippen MR) is 48.2 cm³/mol. The average molecular weight is 154 g/mol. The molecule has 0 saturated heterocycles. The fourth-order valence-electron chi connectivity index (χ4n) is 0.981. The van der Waals surface area contributed by atoms with E-state index in [-0.39, 0.29) is 0 Å². The standard InChI is InChI=1S/C10H18O/c1-2-3-4-5-6-7-8-9-10-11/h11H,4-10H2,1H3. The van der Waals surface area contributed by atoms with Crippen LogP contribution in [0.15, 0.2) is 0 Å². The Labute approximate surface area is 69.8 Å². The molecule has 64 valence electrons. The first-order valence-corrected chi connectivity index (χ1v) is 4.42. The predicted octanol–water partition coefficient (Wildman–Crippen LogP) is 2.34. The minimum atomic E-state index is 0.342. The van der Waals surface area contributed by atoms with Gasteiger partial charge in [0.1, 0.15) is 0 Å². The maximum Gasteiger partial charge on any atom is 0.0431 e. The van der Waals surface area contributed by atoms with Crippen LogP contribution in [0, 0.1) is 11.8 Å². The van der Waals surface area contributed by atoms with Gasteiger partial charge in [-0.2, -0.15) is 0 Å². The highest BCUT2D eigenvalue weighted by atomic mass is 16.2. The van der Waals surface area contributed by atoms with Crippen molar-refractivity contribution in [2.75, 3.05) is 6.61 Å². The maximum atomic E-state index is 8.48. The van der Waals surface area contributed by atoms with Gasteiger partial charge in [-0.15, -0.1) is 11.8 Å². The van der Waals surface area contributed by atoms with E-state index >= 15 is 0 Å². The van der Waals surface area contributed by atoms with Crippen LogP contribution in [-0.2, 0) is 0 Å². The van der Waals surface area contributed by atoms with Crippen LogP contribution in [0.2, 0.25) is 0 Å². The summed E-state index contributed by atoms with van der Waals surface area (Å²) in [5, 5.41) is 8.48. The Morgan fingerprint density at radius 2 is 1.64 bits per heavy atom. The SMILES string of the molecule is CC#CCCCCCCCO. The average Bonchev–Trinajstić information content (AvgIpc) is 2.03. The highest BCUT2D eigenvalue weighted by Gasteiger charge is 1.87. The lowest BCUT2D eigenvalue weighted by atomic mass is 10.1. The van der Waals surface area contributed by atoms with E-state index in [0.717, 1.165) is 19.3 Å². The Hall–Kier alpha value is -0.480. The van der Waals surface area contributed by atoms with E-state index in [4.69, 9.17) is 5.11 Å². The molecular formula is C10H18O. The molecule has 0 amide bonds. The van der Waals surface area contributed by atoms with Gasteiger partial charge >= 0.3 is 0 Å². The van der Waals surface area contributed by atoms with Gasteiger partial charge < -0.3 is 5.11 Å². The summed E-state index contributed by atoms with van der Waals surface area (Å²) in [5.74, 6) is 5.92. The molecule has 0 unspecified atom stereocenters. The number of hydrogen-bond donors (Lipinski definition) is 1. The molecule has 0 fully saturated rings. The minimum Gasteiger partial charge on any atom is -0.396 e. The first kappa shape index (κ1) is 10.5. The van der Waals surface area contributed by atoms with E-state index in [2.05, 4.69) is 11.8 Å². The van der Waals surface area contributed by atoms with E-state index in [1.165, 1.54) is 19.3 Å². The van der Waals surface area contributed by atoms with Gasteiger partial charge in [-0.3, -0.25) is 0 Å². The summed E-state index contributed by atoms with van der Waals surface area (Å²) in [4.78, 5) is 0. The number of unbranched alkanes of at least 4 members (excludes halogenated alkanes) is 5. The van der Waals surface area contributed by atoms with Crippen LogP contribution in [0.4, 0.5) is 0 Å². The van der Waals surface area contributed by atoms with Crippen molar-refractivity contribution < 1.29 is 5.11 Å². The van der Waals surface area contributed by atoms with Gasteiger partial charge in [-0.1, -0.05) is 19.3 Å². The lowest BCUT2D eigenvalue weighted by Gasteiger charge is -1.95. The lowest BCUT2D eigenvalue weighted by Crippen LogP contribution is -1.83. The van der Waals surface area contributed by atoms with E-state index in [9.17, 15) is 0 Å². The number of hydrogen-bond acceptors (Lipinski definition) is 1. The van der Waals surface area contributed by atoms with Crippen LogP contribution < -0.4 is 0 Å². The Balaban J connectivity index is 2.83. The Morgan fingerprint density at radius 3 is 2.27 bits per heavy atom. The first-order valence-electron chi connectivity index (χ1n) is 4.42. The van der Waals surface area contributed by atoms with Gasteiger partial charge in [-0.25, -0.2) is 0 Å². The third kappa shape index (κ3) is 9.52. The van der Waals surface area contributed by atoms with E-state index in [1.807, 2.05) is 6.92 Å². The molecule has 1 nitrogen and oxygen atoms in total.